The molecule has 0 radical (unpaired) electrons. The number of amides is 1. The first kappa shape index (κ1) is 24.2. The van der Waals surface area contributed by atoms with Crippen LogP contribution in [0.1, 0.15) is 66.9 Å². The Morgan fingerprint density at radius 2 is 1.53 bits per heavy atom. The smallest absolute Gasteiger partial charge is 0.376 e. The van der Waals surface area contributed by atoms with Crippen molar-refractivity contribution in [3.63, 3.8) is 0 Å². The van der Waals surface area contributed by atoms with Crippen LogP contribution in [0.4, 0.5) is 17.6 Å². The van der Waals surface area contributed by atoms with Crippen molar-refractivity contribution in [3.05, 3.63) is 71.0 Å². The fourth-order valence-electron chi connectivity index (χ4n) is 4.84. The Labute approximate surface area is 195 Å². The van der Waals surface area contributed by atoms with Gasteiger partial charge in [-0.15, -0.1) is 0 Å². The molecule has 1 amide bonds. The van der Waals surface area contributed by atoms with Gasteiger partial charge in [0.15, 0.2) is 5.60 Å². The molecule has 2 aromatic rings. The number of rotatable bonds is 5. The van der Waals surface area contributed by atoms with Crippen molar-refractivity contribution in [2.24, 2.45) is 0 Å². The van der Waals surface area contributed by atoms with Gasteiger partial charge in [0.05, 0.1) is 11.5 Å². The van der Waals surface area contributed by atoms with Crippen molar-refractivity contribution in [1.82, 2.24) is 4.90 Å². The molecule has 0 heterocycles. The summed E-state index contributed by atoms with van der Waals surface area (Å²) in [5.41, 5.74) is -3.02. The van der Waals surface area contributed by atoms with Gasteiger partial charge in [-0.1, -0.05) is 24.3 Å². The molecule has 34 heavy (non-hydrogen) atoms. The molecular formula is C26H26F4N2O2. The number of hydrogen-bond acceptors (Lipinski definition) is 3. The van der Waals surface area contributed by atoms with E-state index in [1.807, 2.05) is 4.90 Å². The Morgan fingerprint density at radius 3 is 2.00 bits per heavy atom. The normalized spacial score (nSPS) is 24.7. The van der Waals surface area contributed by atoms with Crippen LogP contribution in [0, 0.1) is 17.1 Å². The van der Waals surface area contributed by atoms with Gasteiger partial charge in [0.1, 0.15) is 5.82 Å². The Morgan fingerprint density at radius 1 is 1.00 bits per heavy atom. The summed E-state index contributed by atoms with van der Waals surface area (Å²) in [4.78, 5) is 15.2. The molecule has 0 spiro atoms. The second-order valence-electron chi connectivity index (χ2n) is 9.52. The Bertz CT molecular complexity index is 1080. The molecule has 0 saturated heterocycles. The number of hydrogen-bond donors (Lipinski definition) is 1. The monoisotopic (exact) mass is 474 g/mol. The van der Waals surface area contributed by atoms with Crippen LogP contribution in [-0.2, 0) is 11.0 Å². The van der Waals surface area contributed by atoms with E-state index in [0.29, 0.717) is 32.6 Å². The molecule has 8 heteroatoms. The fraction of sp³-hybridized carbons (Fsp3) is 0.462. The molecule has 2 fully saturated rings. The van der Waals surface area contributed by atoms with Gasteiger partial charge in [-0.2, -0.15) is 18.4 Å². The van der Waals surface area contributed by atoms with Gasteiger partial charge in [-0.25, -0.2) is 4.39 Å². The number of carbonyl (C=O) groups is 1. The third kappa shape index (κ3) is 4.41. The highest BCUT2D eigenvalue weighted by Gasteiger charge is 2.51. The molecule has 1 atom stereocenters. The second-order valence-corrected chi connectivity index (χ2v) is 9.52. The average Bonchev–Trinajstić information content (AvgIpc) is 3.65. The van der Waals surface area contributed by atoms with Crippen LogP contribution < -0.4 is 0 Å². The molecule has 2 aliphatic carbocycles. The maximum Gasteiger partial charge on any atom is 0.421 e. The van der Waals surface area contributed by atoms with Gasteiger partial charge < -0.3 is 10.0 Å². The van der Waals surface area contributed by atoms with Gasteiger partial charge >= 0.3 is 6.18 Å². The highest BCUT2D eigenvalue weighted by molar-refractivity contribution is 5.95. The zero-order valence-electron chi connectivity index (χ0n) is 18.8. The zero-order chi connectivity index (χ0) is 24.7. The molecule has 0 unspecified atom stereocenters. The van der Waals surface area contributed by atoms with E-state index < -0.39 is 17.2 Å². The number of aliphatic hydroxyl groups is 1. The lowest BCUT2D eigenvalue weighted by Gasteiger charge is -2.41. The third-order valence-corrected chi connectivity index (χ3v) is 7.23. The first-order valence-electron chi connectivity index (χ1n) is 11.4. The van der Waals surface area contributed by atoms with E-state index in [2.05, 4.69) is 6.07 Å². The van der Waals surface area contributed by atoms with Gasteiger partial charge in [-0.3, -0.25) is 4.79 Å². The molecule has 0 aromatic heterocycles. The lowest BCUT2D eigenvalue weighted by atomic mass is 9.69. The minimum atomic E-state index is -4.83. The van der Waals surface area contributed by atoms with Gasteiger partial charge in [-0.05, 0) is 80.8 Å². The minimum Gasteiger partial charge on any atom is -0.376 e. The maximum atomic E-state index is 13.4. The van der Waals surface area contributed by atoms with Crippen LogP contribution in [-0.4, -0.2) is 34.2 Å². The molecule has 2 aromatic carbocycles. The summed E-state index contributed by atoms with van der Waals surface area (Å²) in [5.74, 6) is -0.615. The van der Waals surface area contributed by atoms with E-state index in [9.17, 15) is 32.7 Å². The summed E-state index contributed by atoms with van der Waals surface area (Å²) in [6, 6.07) is 13.3. The van der Waals surface area contributed by atoms with Crippen molar-refractivity contribution in [2.75, 3.05) is 0 Å². The average molecular weight is 474 g/mol. The summed E-state index contributed by atoms with van der Waals surface area (Å²) in [7, 11) is 0. The summed E-state index contributed by atoms with van der Waals surface area (Å²) in [6.45, 7) is 0.685. The molecule has 2 aliphatic rings. The maximum absolute atomic E-state index is 13.4. The molecule has 0 bridgehead atoms. The number of nitrogens with zero attached hydrogens (tertiary/aromatic N) is 2. The van der Waals surface area contributed by atoms with Gasteiger partial charge in [0, 0.05) is 17.6 Å². The lowest BCUT2D eigenvalue weighted by molar-refractivity contribution is -0.258. The number of nitriles is 1. The zero-order valence-corrected chi connectivity index (χ0v) is 18.8. The summed E-state index contributed by atoms with van der Waals surface area (Å²) in [5, 5.41) is 19.8. The minimum absolute atomic E-state index is 0.0795. The predicted molar refractivity (Wildman–Crippen MR) is 117 cm³/mol. The first-order chi connectivity index (χ1) is 16.0. The third-order valence-electron chi connectivity index (χ3n) is 7.23. The van der Waals surface area contributed by atoms with Crippen LogP contribution in [0.3, 0.4) is 0 Å². The molecule has 0 aliphatic heterocycles. The molecular weight excluding hydrogens is 448 g/mol. The molecule has 4 rings (SSSR count). The largest absolute Gasteiger partial charge is 0.421 e. The highest BCUT2D eigenvalue weighted by atomic mass is 19.4. The summed E-state index contributed by atoms with van der Waals surface area (Å²) < 4.78 is 52.7. The Hall–Kier alpha value is -2.92. The van der Waals surface area contributed by atoms with Crippen molar-refractivity contribution < 1.29 is 27.5 Å². The van der Waals surface area contributed by atoms with E-state index in [1.54, 1.807) is 12.1 Å². The van der Waals surface area contributed by atoms with Crippen LogP contribution >= 0.6 is 0 Å². The van der Waals surface area contributed by atoms with E-state index in [-0.39, 0.29) is 34.9 Å². The number of halogens is 4. The van der Waals surface area contributed by atoms with Crippen molar-refractivity contribution >= 4 is 5.91 Å². The predicted octanol–water partition coefficient (Wildman–Crippen LogP) is 5.60. The molecule has 1 N–H and O–H groups in total. The lowest BCUT2D eigenvalue weighted by Crippen LogP contribution is -2.46. The molecule has 4 nitrogen and oxygen atoms in total. The Balaban J connectivity index is 1.51. The van der Waals surface area contributed by atoms with Crippen LogP contribution in [0.5, 0.6) is 0 Å². The highest BCUT2D eigenvalue weighted by Crippen LogP contribution is 2.43. The van der Waals surface area contributed by atoms with E-state index in [0.717, 1.165) is 30.5 Å². The summed E-state index contributed by atoms with van der Waals surface area (Å²) in [6.07, 6.45) is -0.831. The van der Waals surface area contributed by atoms with Gasteiger partial charge in [0.2, 0.25) is 0 Å². The van der Waals surface area contributed by atoms with E-state index in [4.69, 9.17) is 0 Å². The Kier molecular flexibility index (Phi) is 6.19. The quantitative estimate of drug-likeness (QED) is 0.574. The van der Waals surface area contributed by atoms with Crippen molar-refractivity contribution in [1.29, 1.82) is 5.26 Å². The first-order valence-corrected chi connectivity index (χ1v) is 11.4. The number of carbonyl (C=O) groups excluding carboxylic acids is 1. The topological polar surface area (TPSA) is 64.3 Å². The van der Waals surface area contributed by atoms with Crippen LogP contribution in [0.2, 0.25) is 0 Å². The van der Waals surface area contributed by atoms with Crippen LogP contribution in [0.25, 0.3) is 0 Å². The summed E-state index contributed by atoms with van der Waals surface area (Å²) >= 11 is 0. The van der Waals surface area contributed by atoms with Crippen molar-refractivity contribution in [3.8, 4) is 6.07 Å². The SMILES string of the molecule is C[C@](O)(c1ccc(C(=O)N(C2CC2)C2CCC(C#N)(c3ccc(F)cc3)CC2)cc1)C(F)(F)F. The standard InChI is InChI=1S/C26H26F4N2O2/c1-24(34,26(28,29)30)18-4-2-17(3-5-18)23(33)32(21-10-11-21)22-12-14-25(16-31,15-13-22)19-6-8-20(27)9-7-19/h2-9,21-22,34H,10-15H2,1H3/t22?,24-,25?/m0/s1. The molecule has 2 saturated carbocycles. The van der Waals surface area contributed by atoms with Gasteiger partial charge in [0.25, 0.3) is 5.91 Å². The molecule has 180 valence electrons. The van der Waals surface area contributed by atoms with E-state index in [1.165, 1.54) is 24.3 Å². The van der Waals surface area contributed by atoms with Crippen molar-refractivity contribution in [2.45, 2.75) is 74.7 Å². The number of alkyl halides is 3. The number of benzene rings is 2. The van der Waals surface area contributed by atoms with Crippen LogP contribution in [0.15, 0.2) is 48.5 Å². The van der Waals surface area contributed by atoms with E-state index >= 15 is 0 Å². The second kappa shape index (κ2) is 8.70. The fourth-order valence-corrected chi connectivity index (χ4v) is 4.84.